The number of nitro groups is 1. The van der Waals surface area contributed by atoms with Gasteiger partial charge in [-0.25, -0.2) is 0 Å². The molecule has 0 amide bonds. The summed E-state index contributed by atoms with van der Waals surface area (Å²) in [6.07, 6.45) is 0. The number of nitriles is 1. The van der Waals surface area contributed by atoms with Gasteiger partial charge in [0.1, 0.15) is 6.07 Å². The van der Waals surface area contributed by atoms with E-state index >= 15 is 0 Å². The lowest BCUT2D eigenvalue weighted by Gasteiger charge is -1.84. The molecule has 10 heavy (non-hydrogen) atoms. The van der Waals surface area contributed by atoms with Crippen LogP contribution >= 0.6 is 0 Å². The van der Waals surface area contributed by atoms with E-state index in [1.807, 2.05) is 0 Å². The molecular weight excluding hydrogens is 136 g/mol. The van der Waals surface area contributed by atoms with E-state index in [9.17, 15) is 10.1 Å². The molecule has 0 bridgehead atoms. The first kappa shape index (κ1) is 6.35. The summed E-state index contributed by atoms with van der Waals surface area (Å²) in [5, 5.41) is 24.9. The topological polar surface area (TPSA) is 91.6 Å². The molecule has 0 N–H and O–H groups in total. The molecule has 1 aliphatic rings. The standard InChI is InChI=1S/C4H2N4O2/c5-1-3-4(8(9)10)2-6-7-3/h2H2. The van der Waals surface area contributed by atoms with Gasteiger partial charge < -0.3 is 0 Å². The Balaban J connectivity index is 2.99. The second-order valence-electron chi connectivity index (χ2n) is 1.56. The average molecular weight is 138 g/mol. The van der Waals surface area contributed by atoms with E-state index in [2.05, 4.69) is 10.2 Å². The van der Waals surface area contributed by atoms with Crippen molar-refractivity contribution in [3.63, 3.8) is 0 Å². The van der Waals surface area contributed by atoms with Crippen molar-refractivity contribution in [3.8, 4) is 6.07 Å². The Morgan fingerprint density at radius 1 is 1.80 bits per heavy atom. The highest BCUT2D eigenvalue weighted by molar-refractivity contribution is 5.25. The van der Waals surface area contributed by atoms with E-state index in [-0.39, 0.29) is 17.9 Å². The van der Waals surface area contributed by atoms with Gasteiger partial charge >= 0.3 is 5.70 Å². The second-order valence-corrected chi connectivity index (χ2v) is 1.56. The minimum atomic E-state index is -0.640. The van der Waals surface area contributed by atoms with Crippen molar-refractivity contribution < 1.29 is 4.92 Å². The van der Waals surface area contributed by atoms with Crippen LogP contribution in [0.2, 0.25) is 0 Å². The molecule has 0 aliphatic carbocycles. The van der Waals surface area contributed by atoms with Gasteiger partial charge in [-0.15, -0.1) is 5.11 Å². The Hall–Kier alpha value is -1.77. The molecule has 0 atom stereocenters. The Bertz CT molecular complexity index is 271. The van der Waals surface area contributed by atoms with Crippen LogP contribution in [0.25, 0.3) is 0 Å². The monoisotopic (exact) mass is 138 g/mol. The first-order valence-electron chi connectivity index (χ1n) is 2.41. The Kier molecular flexibility index (Phi) is 1.41. The van der Waals surface area contributed by atoms with E-state index in [0.717, 1.165) is 0 Å². The van der Waals surface area contributed by atoms with Gasteiger partial charge in [-0.3, -0.25) is 10.1 Å². The molecule has 0 saturated carbocycles. The van der Waals surface area contributed by atoms with Crippen LogP contribution in [0.15, 0.2) is 21.6 Å². The van der Waals surface area contributed by atoms with Crippen molar-refractivity contribution >= 4 is 0 Å². The minimum absolute atomic E-state index is 0.0874. The van der Waals surface area contributed by atoms with Crippen molar-refractivity contribution in [2.24, 2.45) is 10.2 Å². The van der Waals surface area contributed by atoms with E-state index < -0.39 is 4.92 Å². The minimum Gasteiger partial charge on any atom is -0.258 e. The van der Waals surface area contributed by atoms with Crippen LogP contribution in [0.5, 0.6) is 0 Å². The lowest BCUT2D eigenvalue weighted by molar-refractivity contribution is -0.425. The largest absolute Gasteiger partial charge is 0.307 e. The van der Waals surface area contributed by atoms with Gasteiger partial charge in [0.05, 0.1) is 4.92 Å². The molecular formula is C4H2N4O2. The van der Waals surface area contributed by atoms with Gasteiger partial charge in [0, 0.05) is 0 Å². The van der Waals surface area contributed by atoms with Gasteiger partial charge in [-0.1, -0.05) is 0 Å². The van der Waals surface area contributed by atoms with Gasteiger partial charge in [0.25, 0.3) is 0 Å². The Labute approximate surface area is 55.6 Å². The Morgan fingerprint density at radius 3 is 2.90 bits per heavy atom. The lowest BCUT2D eigenvalue weighted by Crippen LogP contribution is -2.00. The van der Waals surface area contributed by atoms with Crippen molar-refractivity contribution in [1.29, 1.82) is 5.26 Å². The first-order chi connectivity index (χ1) is 4.75. The van der Waals surface area contributed by atoms with Crippen molar-refractivity contribution in [3.05, 3.63) is 21.5 Å². The highest BCUT2D eigenvalue weighted by Gasteiger charge is 2.22. The summed E-state index contributed by atoms with van der Waals surface area (Å²) in [7, 11) is 0. The maximum absolute atomic E-state index is 10.0. The fraction of sp³-hybridized carbons (Fsp3) is 0.250. The van der Waals surface area contributed by atoms with E-state index in [4.69, 9.17) is 5.26 Å². The van der Waals surface area contributed by atoms with Gasteiger partial charge in [-0.05, 0) is 0 Å². The van der Waals surface area contributed by atoms with Crippen molar-refractivity contribution in [1.82, 2.24) is 0 Å². The molecule has 0 aromatic heterocycles. The highest BCUT2D eigenvalue weighted by atomic mass is 16.6. The fourth-order valence-electron chi connectivity index (χ4n) is 0.537. The molecule has 0 unspecified atom stereocenters. The number of hydrogen-bond donors (Lipinski definition) is 0. The number of nitrogens with zero attached hydrogens (tertiary/aromatic N) is 4. The summed E-state index contributed by atoms with van der Waals surface area (Å²) in [5.74, 6) is 0. The van der Waals surface area contributed by atoms with Crippen LogP contribution in [0.1, 0.15) is 0 Å². The van der Waals surface area contributed by atoms with Crippen LogP contribution < -0.4 is 0 Å². The van der Waals surface area contributed by atoms with Crippen LogP contribution in [-0.2, 0) is 0 Å². The highest BCUT2D eigenvalue weighted by Crippen LogP contribution is 2.13. The molecule has 0 fully saturated rings. The summed E-state index contributed by atoms with van der Waals surface area (Å²) in [4.78, 5) is 9.41. The van der Waals surface area contributed by atoms with Crippen molar-refractivity contribution in [2.45, 2.75) is 0 Å². The number of azo groups is 1. The van der Waals surface area contributed by atoms with E-state index in [1.54, 1.807) is 6.07 Å². The molecule has 0 saturated heterocycles. The zero-order chi connectivity index (χ0) is 7.56. The van der Waals surface area contributed by atoms with Gasteiger partial charge in [-0.2, -0.15) is 10.4 Å². The van der Waals surface area contributed by atoms with E-state index in [1.165, 1.54) is 0 Å². The molecule has 1 rings (SSSR count). The third kappa shape index (κ3) is 0.842. The molecule has 0 spiro atoms. The third-order valence-corrected chi connectivity index (χ3v) is 0.991. The molecule has 0 aromatic rings. The van der Waals surface area contributed by atoms with Crippen LogP contribution in [0.3, 0.4) is 0 Å². The summed E-state index contributed by atoms with van der Waals surface area (Å²) >= 11 is 0. The zero-order valence-corrected chi connectivity index (χ0v) is 4.81. The first-order valence-corrected chi connectivity index (χ1v) is 2.41. The molecule has 1 aliphatic heterocycles. The summed E-state index contributed by atoms with van der Waals surface area (Å²) in [6, 6.07) is 1.57. The molecule has 0 radical (unpaired) electrons. The molecule has 0 aromatic carbocycles. The summed E-state index contributed by atoms with van der Waals surface area (Å²) in [6.45, 7) is -0.0874. The van der Waals surface area contributed by atoms with Crippen LogP contribution in [0, 0.1) is 21.4 Å². The maximum Gasteiger partial charge on any atom is 0.307 e. The predicted molar refractivity (Wildman–Crippen MR) is 29.4 cm³/mol. The molecule has 1 heterocycles. The predicted octanol–water partition coefficient (Wildman–Crippen LogP) is 0.464. The van der Waals surface area contributed by atoms with Crippen molar-refractivity contribution in [2.75, 3.05) is 6.54 Å². The quantitative estimate of drug-likeness (QED) is 0.389. The number of rotatable bonds is 1. The maximum atomic E-state index is 10.0. The normalized spacial score (nSPS) is 15.5. The number of allylic oxidation sites excluding steroid dienone is 1. The SMILES string of the molecule is N#CC1=C([N+](=O)[O-])CN=N1. The second kappa shape index (κ2) is 2.23. The molecule has 6 nitrogen and oxygen atoms in total. The summed E-state index contributed by atoms with van der Waals surface area (Å²) in [5.41, 5.74) is -0.410. The fourth-order valence-corrected chi connectivity index (χ4v) is 0.537. The summed E-state index contributed by atoms with van der Waals surface area (Å²) < 4.78 is 0. The van der Waals surface area contributed by atoms with Crippen LogP contribution in [0.4, 0.5) is 0 Å². The average Bonchev–Trinajstić information content (AvgIpc) is 2.33. The third-order valence-electron chi connectivity index (χ3n) is 0.991. The molecule has 6 heteroatoms. The number of hydrogen-bond acceptors (Lipinski definition) is 5. The van der Waals surface area contributed by atoms with Gasteiger partial charge in [0.2, 0.25) is 5.70 Å². The lowest BCUT2D eigenvalue weighted by atomic mass is 10.4. The smallest absolute Gasteiger partial charge is 0.258 e. The Morgan fingerprint density at radius 2 is 2.50 bits per heavy atom. The molecule has 50 valence electrons. The van der Waals surface area contributed by atoms with Crippen LogP contribution in [-0.4, -0.2) is 11.5 Å². The zero-order valence-electron chi connectivity index (χ0n) is 4.81. The van der Waals surface area contributed by atoms with E-state index in [0.29, 0.717) is 0 Å². The van der Waals surface area contributed by atoms with Gasteiger partial charge in [0.15, 0.2) is 6.54 Å².